The first kappa shape index (κ1) is 22.1. The zero-order valence-corrected chi connectivity index (χ0v) is 17.5. The molecule has 2 fully saturated rings. The molecule has 168 valence electrons. The summed E-state index contributed by atoms with van der Waals surface area (Å²) in [5.41, 5.74) is 0.737. The van der Waals surface area contributed by atoms with Crippen LogP contribution in [0.4, 0.5) is 11.4 Å². The number of carbonyl (C=O) groups excluding carboxylic acids is 3. The fraction of sp³-hybridized carbons (Fsp3) is 0.304. The summed E-state index contributed by atoms with van der Waals surface area (Å²) < 4.78 is 5.66. The molecule has 2 saturated heterocycles. The van der Waals surface area contributed by atoms with Crippen LogP contribution in [-0.4, -0.2) is 52.8 Å². The van der Waals surface area contributed by atoms with E-state index in [2.05, 4.69) is 0 Å². The summed E-state index contributed by atoms with van der Waals surface area (Å²) in [5, 5.41) is 19.9. The van der Waals surface area contributed by atoms with Gasteiger partial charge in [-0.25, -0.2) is 4.90 Å². The molecule has 2 aromatic rings. The van der Waals surface area contributed by atoms with Gasteiger partial charge in [0.1, 0.15) is 6.04 Å². The smallest absolute Gasteiger partial charge is 0.269 e. The molecule has 2 aliphatic rings. The number of anilines is 1. The quantitative estimate of drug-likeness (QED) is 0.376. The van der Waals surface area contributed by atoms with Gasteiger partial charge in [-0.3, -0.25) is 24.5 Å². The third-order valence-electron chi connectivity index (χ3n) is 5.76. The molecule has 2 heterocycles. The Hall–Kier alpha value is -4.10. The SMILES string of the molecule is N#Cc1ccc(N2C(=O)CC(N(CC3CCCO3)C(=O)c3ccc([N+](=O)[O-])cc3)C2=O)cc1. The summed E-state index contributed by atoms with van der Waals surface area (Å²) in [4.78, 5) is 52.1. The van der Waals surface area contributed by atoms with Crippen molar-refractivity contribution in [2.24, 2.45) is 0 Å². The molecule has 10 nitrogen and oxygen atoms in total. The van der Waals surface area contributed by atoms with Crippen molar-refractivity contribution in [3.63, 3.8) is 0 Å². The van der Waals surface area contributed by atoms with Crippen LogP contribution >= 0.6 is 0 Å². The molecular weight excluding hydrogens is 428 g/mol. The average molecular weight is 448 g/mol. The topological polar surface area (TPSA) is 134 Å². The molecule has 0 aromatic heterocycles. The first-order chi connectivity index (χ1) is 15.9. The predicted molar refractivity (Wildman–Crippen MR) is 115 cm³/mol. The highest BCUT2D eigenvalue weighted by Gasteiger charge is 2.45. The number of hydrogen-bond donors (Lipinski definition) is 0. The largest absolute Gasteiger partial charge is 0.376 e. The van der Waals surface area contributed by atoms with E-state index < -0.39 is 28.7 Å². The number of nitro groups is 1. The molecule has 2 unspecified atom stereocenters. The molecule has 10 heteroatoms. The molecule has 2 atom stereocenters. The van der Waals surface area contributed by atoms with E-state index in [1.165, 1.54) is 53.4 Å². The molecule has 0 bridgehead atoms. The van der Waals surface area contributed by atoms with Crippen molar-refractivity contribution in [2.75, 3.05) is 18.1 Å². The van der Waals surface area contributed by atoms with Crippen molar-refractivity contribution in [1.29, 1.82) is 5.26 Å². The fourth-order valence-corrected chi connectivity index (χ4v) is 4.07. The molecular formula is C23H20N4O6. The van der Waals surface area contributed by atoms with Crippen LogP contribution in [0, 0.1) is 21.4 Å². The van der Waals surface area contributed by atoms with Gasteiger partial charge in [-0.1, -0.05) is 0 Å². The fourth-order valence-electron chi connectivity index (χ4n) is 4.07. The highest BCUT2D eigenvalue weighted by molar-refractivity contribution is 6.23. The van der Waals surface area contributed by atoms with Crippen molar-refractivity contribution in [2.45, 2.75) is 31.4 Å². The average Bonchev–Trinajstić information content (AvgIpc) is 3.44. The van der Waals surface area contributed by atoms with E-state index in [1.807, 2.05) is 6.07 Å². The van der Waals surface area contributed by atoms with Gasteiger partial charge in [-0.2, -0.15) is 5.26 Å². The number of rotatable bonds is 6. The maximum atomic E-state index is 13.4. The Morgan fingerprint density at radius 3 is 2.45 bits per heavy atom. The minimum Gasteiger partial charge on any atom is -0.376 e. The van der Waals surface area contributed by atoms with Crippen molar-refractivity contribution in [3.05, 3.63) is 69.8 Å². The minimum absolute atomic E-state index is 0.126. The Kier molecular flexibility index (Phi) is 6.15. The van der Waals surface area contributed by atoms with E-state index in [-0.39, 0.29) is 30.3 Å². The molecule has 4 rings (SSSR count). The Bertz CT molecular complexity index is 1130. The minimum atomic E-state index is -1.03. The van der Waals surface area contributed by atoms with E-state index >= 15 is 0 Å². The summed E-state index contributed by atoms with van der Waals surface area (Å²) in [5.74, 6) is -1.50. The van der Waals surface area contributed by atoms with Gasteiger partial charge in [0.15, 0.2) is 0 Å². The Morgan fingerprint density at radius 2 is 1.88 bits per heavy atom. The standard InChI is InChI=1S/C23H20N4O6/c24-13-15-3-7-17(8-4-15)26-21(28)12-20(23(26)30)25(14-19-2-1-11-33-19)22(29)16-5-9-18(10-6-16)27(31)32/h3-10,19-20H,1-2,11-12,14H2. The number of nitro benzene ring substituents is 1. The number of benzene rings is 2. The van der Waals surface area contributed by atoms with Gasteiger partial charge in [0.2, 0.25) is 5.91 Å². The molecule has 0 aliphatic carbocycles. The normalized spacial score (nSPS) is 20.0. The number of carbonyl (C=O) groups is 3. The maximum Gasteiger partial charge on any atom is 0.269 e. The van der Waals surface area contributed by atoms with Gasteiger partial charge in [-0.15, -0.1) is 0 Å². The van der Waals surface area contributed by atoms with E-state index in [0.717, 1.165) is 17.7 Å². The lowest BCUT2D eigenvalue weighted by Gasteiger charge is -2.30. The number of nitrogens with zero attached hydrogens (tertiary/aromatic N) is 4. The number of nitriles is 1. The summed E-state index contributed by atoms with van der Waals surface area (Å²) in [6, 6.07) is 12.1. The van der Waals surface area contributed by atoms with Gasteiger partial charge < -0.3 is 9.64 Å². The lowest BCUT2D eigenvalue weighted by Crippen LogP contribution is -2.48. The van der Waals surface area contributed by atoms with Crippen LogP contribution in [0.25, 0.3) is 0 Å². The van der Waals surface area contributed by atoms with Crippen LogP contribution in [0.2, 0.25) is 0 Å². The third kappa shape index (κ3) is 4.44. The first-order valence-corrected chi connectivity index (χ1v) is 10.4. The van der Waals surface area contributed by atoms with Crippen molar-refractivity contribution in [3.8, 4) is 6.07 Å². The Balaban J connectivity index is 1.62. The molecule has 2 aliphatic heterocycles. The zero-order chi connectivity index (χ0) is 23.5. The van der Waals surface area contributed by atoms with Crippen LogP contribution in [-0.2, 0) is 14.3 Å². The van der Waals surface area contributed by atoms with E-state index in [0.29, 0.717) is 17.9 Å². The van der Waals surface area contributed by atoms with Crippen molar-refractivity contribution < 1.29 is 24.0 Å². The van der Waals surface area contributed by atoms with Crippen molar-refractivity contribution >= 4 is 29.1 Å². The Labute approximate surface area is 189 Å². The van der Waals surface area contributed by atoms with Crippen LogP contribution < -0.4 is 4.90 Å². The van der Waals surface area contributed by atoms with Crippen LogP contribution in [0.1, 0.15) is 35.2 Å². The molecule has 0 spiro atoms. The summed E-state index contributed by atoms with van der Waals surface area (Å²) in [7, 11) is 0. The van der Waals surface area contributed by atoms with Gasteiger partial charge in [0.05, 0.1) is 34.8 Å². The second kappa shape index (κ2) is 9.18. The summed E-state index contributed by atoms with van der Waals surface area (Å²) in [6.45, 7) is 0.680. The van der Waals surface area contributed by atoms with Crippen molar-refractivity contribution in [1.82, 2.24) is 4.90 Å². The number of amides is 3. The van der Waals surface area contributed by atoms with Gasteiger partial charge in [0.25, 0.3) is 17.5 Å². The Morgan fingerprint density at radius 1 is 1.18 bits per heavy atom. The zero-order valence-electron chi connectivity index (χ0n) is 17.5. The lowest BCUT2D eigenvalue weighted by atomic mass is 10.1. The molecule has 0 saturated carbocycles. The van der Waals surface area contributed by atoms with Gasteiger partial charge >= 0.3 is 0 Å². The number of non-ortho nitro benzene ring substituents is 1. The summed E-state index contributed by atoms with van der Waals surface area (Å²) >= 11 is 0. The molecule has 3 amide bonds. The molecule has 0 N–H and O–H groups in total. The third-order valence-corrected chi connectivity index (χ3v) is 5.76. The highest BCUT2D eigenvalue weighted by Crippen LogP contribution is 2.28. The second-order valence-electron chi connectivity index (χ2n) is 7.84. The number of hydrogen-bond acceptors (Lipinski definition) is 7. The van der Waals surface area contributed by atoms with Gasteiger partial charge in [-0.05, 0) is 49.2 Å². The lowest BCUT2D eigenvalue weighted by molar-refractivity contribution is -0.384. The molecule has 0 radical (unpaired) electrons. The van der Waals surface area contributed by atoms with Crippen LogP contribution in [0.15, 0.2) is 48.5 Å². The first-order valence-electron chi connectivity index (χ1n) is 10.4. The summed E-state index contributed by atoms with van der Waals surface area (Å²) in [6.07, 6.45) is 1.10. The van der Waals surface area contributed by atoms with Gasteiger partial charge in [0, 0.05) is 30.8 Å². The van der Waals surface area contributed by atoms with E-state index in [4.69, 9.17) is 10.00 Å². The van der Waals surface area contributed by atoms with Crippen LogP contribution in [0.5, 0.6) is 0 Å². The predicted octanol–water partition coefficient (Wildman–Crippen LogP) is 2.42. The number of imide groups is 1. The number of ether oxygens (including phenoxy) is 1. The molecule has 33 heavy (non-hydrogen) atoms. The molecule has 2 aromatic carbocycles. The second-order valence-corrected chi connectivity index (χ2v) is 7.84. The highest BCUT2D eigenvalue weighted by atomic mass is 16.6. The van der Waals surface area contributed by atoms with Crippen LogP contribution in [0.3, 0.4) is 0 Å². The maximum absolute atomic E-state index is 13.4. The monoisotopic (exact) mass is 448 g/mol. The van der Waals surface area contributed by atoms with E-state index in [1.54, 1.807) is 0 Å². The van der Waals surface area contributed by atoms with E-state index in [9.17, 15) is 24.5 Å².